The zero-order valence-corrected chi connectivity index (χ0v) is 23.7. The van der Waals surface area contributed by atoms with E-state index >= 15 is 0 Å². The lowest BCUT2D eigenvalue weighted by Gasteiger charge is -2.25. The van der Waals surface area contributed by atoms with Gasteiger partial charge in [0.2, 0.25) is 6.79 Å². The van der Waals surface area contributed by atoms with Gasteiger partial charge in [-0.05, 0) is 84.8 Å². The number of hydrogen-bond acceptors (Lipinski definition) is 6. The van der Waals surface area contributed by atoms with Gasteiger partial charge in [-0.15, -0.1) is 0 Å². The molecule has 1 atom stereocenters. The van der Waals surface area contributed by atoms with E-state index in [0.717, 1.165) is 48.9 Å². The van der Waals surface area contributed by atoms with Crippen molar-refractivity contribution in [1.29, 1.82) is 0 Å². The number of nitrogens with two attached hydrogens (primary N) is 1. The van der Waals surface area contributed by atoms with Crippen LogP contribution in [0.4, 0.5) is 19.0 Å². The lowest BCUT2D eigenvalue weighted by atomic mass is 9.99. The fourth-order valence-electron chi connectivity index (χ4n) is 5.73. The second-order valence-corrected chi connectivity index (χ2v) is 11.3. The van der Waals surface area contributed by atoms with Crippen molar-refractivity contribution in [2.75, 3.05) is 18.7 Å². The van der Waals surface area contributed by atoms with E-state index in [0.29, 0.717) is 51.7 Å². The molecule has 2 aliphatic heterocycles. The molecule has 0 spiro atoms. The van der Waals surface area contributed by atoms with Crippen LogP contribution in [0.3, 0.4) is 0 Å². The summed E-state index contributed by atoms with van der Waals surface area (Å²) >= 11 is 0. The summed E-state index contributed by atoms with van der Waals surface area (Å²) in [5, 5.41) is 3.87. The lowest BCUT2D eigenvalue weighted by molar-refractivity contribution is -0.137. The summed E-state index contributed by atoms with van der Waals surface area (Å²) in [5.74, 6) is 2.10. The molecule has 2 fully saturated rings. The van der Waals surface area contributed by atoms with Gasteiger partial charge < -0.3 is 25.4 Å². The van der Waals surface area contributed by atoms with Crippen LogP contribution in [0, 0.1) is 0 Å². The highest BCUT2D eigenvalue weighted by Crippen LogP contribution is 2.37. The number of nitrogens with one attached hydrogen (secondary N) is 1. The first-order valence-corrected chi connectivity index (χ1v) is 14.6. The Morgan fingerprint density at radius 3 is 2.50 bits per heavy atom. The largest absolute Gasteiger partial charge is 0.454 e. The minimum absolute atomic E-state index is 0.172. The first-order chi connectivity index (χ1) is 21.2. The molecule has 7 rings (SSSR count). The number of halogens is 3. The third-order valence-corrected chi connectivity index (χ3v) is 8.23. The molecule has 4 aromatic rings. The summed E-state index contributed by atoms with van der Waals surface area (Å²) in [7, 11) is 0. The number of benzene rings is 3. The molecule has 3 aromatic carbocycles. The first kappa shape index (κ1) is 28.0. The van der Waals surface area contributed by atoms with Gasteiger partial charge in [0.15, 0.2) is 11.5 Å². The number of fused-ring (bicyclic) bond motifs is 2. The molecule has 1 saturated carbocycles. The molecule has 8 nitrogen and oxygen atoms in total. The third-order valence-electron chi connectivity index (χ3n) is 8.23. The number of hydrogen-bond donors (Lipinski definition) is 2. The fraction of sp³-hybridized carbons (Fsp3) is 0.303. The summed E-state index contributed by atoms with van der Waals surface area (Å²) in [5.41, 5.74) is 9.18. The van der Waals surface area contributed by atoms with Gasteiger partial charge in [0.25, 0.3) is 5.91 Å². The van der Waals surface area contributed by atoms with Gasteiger partial charge in [0.1, 0.15) is 11.7 Å². The van der Waals surface area contributed by atoms with Gasteiger partial charge in [0, 0.05) is 18.5 Å². The Balaban J connectivity index is 1.24. The summed E-state index contributed by atoms with van der Waals surface area (Å²) in [6, 6.07) is 18.1. The molecule has 0 bridgehead atoms. The molecule has 226 valence electrons. The van der Waals surface area contributed by atoms with E-state index < -0.39 is 11.7 Å². The van der Waals surface area contributed by atoms with Crippen molar-refractivity contribution < 1.29 is 27.4 Å². The summed E-state index contributed by atoms with van der Waals surface area (Å²) < 4.78 is 50.1. The molecular formula is C33H30F3N5O3. The van der Waals surface area contributed by atoms with E-state index in [-0.39, 0.29) is 31.3 Å². The van der Waals surface area contributed by atoms with Crippen LogP contribution >= 0.6 is 0 Å². The topological polar surface area (TPSA) is 102 Å². The summed E-state index contributed by atoms with van der Waals surface area (Å²) in [6.45, 7) is 0.961. The van der Waals surface area contributed by atoms with Gasteiger partial charge in [-0.25, -0.2) is 4.98 Å². The van der Waals surface area contributed by atoms with Crippen molar-refractivity contribution in [2.24, 2.45) is 10.7 Å². The van der Waals surface area contributed by atoms with Crippen LogP contribution in [0.5, 0.6) is 11.5 Å². The molecule has 0 radical (unpaired) electrons. The quantitative estimate of drug-likeness (QED) is 0.188. The van der Waals surface area contributed by atoms with Crippen molar-refractivity contribution in [3.8, 4) is 22.6 Å². The highest BCUT2D eigenvalue weighted by molar-refractivity contribution is 6.09. The van der Waals surface area contributed by atoms with Crippen molar-refractivity contribution >= 4 is 28.5 Å². The third kappa shape index (κ3) is 5.61. The minimum Gasteiger partial charge on any atom is -0.454 e. The van der Waals surface area contributed by atoms with Crippen LogP contribution in [0.2, 0.25) is 0 Å². The molecular weight excluding hydrogens is 571 g/mol. The highest BCUT2D eigenvalue weighted by atomic mass is 19.4. The van der Waals surface area contributed by atoms with Crippen LogP contribution in [-0.4, -0.2) is 47.0 Å². The maximum absolute atomic E-state index is 14.3. The van der Waals surface area contributed by atoms with Crippen LogP contribution in [0.1, 0.15) is 47.2 Å². The average molecular weight is 602 g/mol. The van der Waals surface area contributed by atoms with Crippen LogP contribution in [0.15, 0.2) is 71.7 Å². The number of anilines is 1. The maximum atomic E-state index is 14.3. The van der Waals surface area contributed by atoms with Gasteiger partial charge in [-0.1, -0.05) is 24.3 Å². The number of amides is 1. The van der Waals surface area contributed by atoms with Crippen molar-refractivity contribution in [3.05, 3.63) is 83.4 Å². The van der Waals surface area contributed by atoms with Crippen LogP contribution in [0.25, 0.3) is 22.0 Å². The van der Waals surface area contributed by atoms with Crippen LogP contribution in [-0.2, 0) is 12.7 Å². The standard InChI is InChI=1S/C33H30F3N5O3/c34-33(35,36)22-7-3-19(4-8-22)17-38-30-16-25(32(42)41-13-1-2-27(41)31(37)39-23-9-10-23)24-14-20(5-11-26(24)40-30)21-6-12-28-29(15-21)44-18-43-28/h3-8,11-12,14-16,23,27H,1-2,9-10,13,17-18H2,(H2,37,39)(H,38,40)/t27-/m0/s1. The number of pyridine rings is 1. The number of alkyl halides is 3. The van der Waals surface area contributed by atoms with Crippen molar-refractivity contribution in [1.82, 2.24) is 9.88 Å². The predicted molar refractivity (Wildman–Crippen MR) is 161 cm³/mol. The van der Waals surface area contributed by atoms with E-state index in [9.17, 15) is 18.0 Å². The van der Waals surface area contributed by atoms with E-state index in [1.165, 1.54) is 12.1 Å². The Kier molecular flexibility index (Phi) is 7.02. The van der Waals surface area contributed by atoms with E-state index in [4.69, 9.17) is 20.2 Å². The summed E-state index contributed by atoms with van der Waals surface area (Å²) in [4.78, 5) is 25.4. The highest BCUT2D eigenvalue weighted by Gasteiger charge is 2.34. The minimum atomic E-state index is -4.40. The number of carbonyl (C=O) groups excluding carboxylic acids is 1. The maximum Gasteiger partial charge on any atom is 0.416 e. The molecule has 3 aliphatic rings. The molecule has 44 heavy (non-hydrogen) atoms. The Hall–Kier alpha value is -4.80. The Morgan fingerprint density at radius 1 is 0.977 bits per heavy atom. The molecule has 0 unspecified atom stereocenters. The van der Waals surface area contributed by atoms with Crippen LogP contribution < -0.4 is 20.5 Å². The van der Waals surface area contributed by atoms with Crippen molar-refractivity contribution in [3.63, 3.8) is 0 Å². The molecule has 3 heterocycles. The zero-order chi connectivity index (χ0) is 30.4. The SMILES string of the molecule is NC(=NC1CC1)[C@@H]1CCCN1C(=O)c1cc(NCc2ccc(C(F)(F)F)cc2)nc2ccc(-c3ccc4c(c3)OCO4)cc12. The van der Waals surface area contributed by atoms with E-state index in [1.807, 2.05) is 36.4 Å². The Morgan fingerprint density at radius 2 is 1.73 bits per heavy atom. The monoisotopic (exact) mass is 601 g/mol. The molecule has 11 heteroatoms. The number of amidine groups is 1. The molecule has 1 saturated heterocycles. The molecule has 1 amide bonds. The van der Waals surface area contributed by atoms with Gasteiger partial charge in [0.05, 0.1) is 28.7 Å². The number of likely N-dealkylation sites (tertiary alicyclic amines) is 1. The number of rotatable bonds is 7. The van der Waals surface area contributed by atoms with Gasteiger partial charge in [-0.3, -0.25) is 9.79 Å². The normalized spacial score (nSPS) is 18.2. The zero-order valence-electron chi connectivity index (χ0n) is 23.7. The van der Waals surface area contributed by atoms with Gasteiger partial charge in [-0.2, -0.15) is 13.2 Å². The first-order valence-electron chi connectivity index (χ1n) is 14.6. The van der Waals surface area contributed by atoms with Crippen molar-refractivity contribution in [2.45, 2.75) is 50.5 Å². The molecule has 3 N–H and O–H groups in total. The number of aliphatic imine (C=N–C) groups is 1. The summed E-state index contributed by atoms with van der Waals surface area (Å²) in [6.07, 6.45) is -0.791. The fourth-order valence-corrected chi connectivity index (χ4v) is 5.73. The smallest absolute Gasteiger partial charge is 0.416 e. The lowest BCUT2D eigenvalue weighted by Crippen LogP contribution is -2.44. The molecule has 1 aliphatic carbocycles. The second-order valence-electron chi connectivity index (χ2n) is 11.3. The van der Waals surface area contributed by atoms with E-state index in [1.54, 1.807) is 11.0 Å². The Labute approximate surface area is 251 Å². The average Bonchev–Trinajstić information content (AvgIpc) is 3.48. The number of ether oxygens (including phenoxy) is 2. The van der Waals surface area contributed by atoms with Gasteiger partial charge >= 0.3 is 6.18 Å². The molecule has 1 aromatic heterocycles. The Bertz CT molecular complexity index is 1770. The predicted octanol–water partition coefficient (Wildman–Crippen LogP) is 6.39. The number of aromatic nitrogens is 1. The number of nitrogens with zero attached hydrogens (tertiary/aromatic N) is 3. The second kappa shape index (κ2) is 11.0. The van der Waals surface area contributed by atoms with E-state index in [2.05, 4.69) is 10.3 Å². The number of carbonyl (C=O) groups is 1.